The molecular formula is C15H17FO3. The van der Waals surface area contributed by atoms with Gasteiger partial charge in [0.15, 0.2) is 11.6 Å². The van der Waals surface area contributed by atoms with E-state index < -0.39 is 17.2 Å². The van der Waals surface area contributed by atoms with Crippen molar-refractivity contribution in [3.8, 4) is 5.75 Å². The second-order valence-electron chi connectivity index (χ2n) is 5.86. The van der Waals surface area contributed by atoms with Crippen LogP contribution >= 0.6 is 0 Å². The van der Waals surface area contributed by atoms with Gasteiger partial charge in [0.1, 0.15) is 0 Å². The Morgan fingerprint density at radius 1 is 1.47 bits per heavy atom. The maximum absolute atomic E-state index is 14.2. The molecule has 0 spiro atoms. The molecule has 0 amide bonds. The predicted octanol–water partition coefficient (Wildman–Crippen LogP) is 2.88. The molecule has 19 heavy (non-hydrogen) atoms. The zero-order valence-electron chi connectivity index (χ0n) is 10.9. The third-order valence-corrected chi connectivity index (χ3v) is 4.62. The molecule has 2 unspecified atom stereocenters. The number of halogens is 1. The minimum absolute atomic E-state index is 0.182. The normalized spacial score (nSPS) is 31.9. The summed E-state index contributed by atoms with van der Waals surface area (Å²) in [5, 5.41) is 9.53. The highest BCUT2D eigenvalue weighted by molar-refractivity contribution is 5.76. The Labute approximate surface area is 111 Å². The van der Waals surface area contributed by atoms with Crippen molar-refractivity contribution in [3.05, 3.63) is 29.6 Å². The first-order chi connectivity index (χ1) is 9.05. The lowest BCUT2D eigenvalue weighted by molar-refractivity contribution is -0.149. The maximum Gasteiger partial charge on any atom is 0.309 e. The molecular weight excluding hydrogens is 247 g/mol. The number of ether oxygens (including phenoxy) is 1. The number of methoxy groups -OCH3 is 1. The van der Waals surface area contributed by atoms with E-state index in [-0.39, 0.29) is 12.2 Å². The monoisotopic (exact) mass is 264 g/mol. The van der Waals surface area contributed by atoms with Gasteiger partial charge >= 0.3 is 5.97 Å². The quantitative estimate of drug-likeness (QED) is 0.909. The van der Waals surface area contributed by atoms with E-state index in [4.69, 9.17) is 4.74 Å². The van der Waals surface area contributed by atoms with Crippen LogP contribution in [0.5, 0.6) is 5.75 Å². The summed E-state index contributed by atoms with van der Waals surface area (Å²) in [5.74, 6) is 0.0591. The van der Waals surface area contributed by atoms with Crippen molar-refractivity contribution in [2.75, 3.05) is 7.11 Å². The summed E-state index contributed by atoms with van der Waals surface area (Å²) < 4.78 is 19.1. The van der Waals surface area contributed by atoms with Gasteiger partial charge < -0.3 is 9.84 Å². The number of aliphatic carboxylic acids is 1. The van der Waals surface area contributed by atoms with Gasteiger partial charge in [0, 0.05) is 0 Å². The minimum atomic E-state index is -0.790. The number of hydrogen-bond acceptors (Lipinski definition) is 2. The fourth-order valence-corrected chi connectivity index (χ4v) is 3.51. The molecule has 2 aliphatic carbocycles. The van der Waals surface area contributed by atoms with Gasteiger partial charge in [-0.2, -0.15) is 0 Å². The van der Waals surface area contributed by atoms with Gasteiger partial charge in [-0.15, -0.1) is 0 Å². The summed E-state index contributed by atoms with van der Waals surface area (Å²) in [6.07, 6.45) is 2.78. The fraction of sp³-hybridized carbons (Fsp3) is 0.533. The van der Waals surface area contributed by atoms with Crippen LogP contribution in [0, 0.1) is 23.1 Å². The Bertz CT molecular complexity index is 516. The van der Waals surface area contributed by atoms with Crippen LogP contribution in [0.3, 0.4) is 0 Å². The molecule has 102 valence electrons. The summed E-state index contributed by atoms with van der Waals surface area (Å²) in [5.41, 5.74) is -0.330. The van der Waals surface area contributed by atoms with E-state index in [0.717, 1.165) is 6.42 Å². The molecule has 0 heterocycles. The Morgan fingerprint density at radius 2 is 2.16 bits per heavy atom. The predicted molar refractivity (Wildman–Crippen MR) is 67.6 cm³/mol. The fourth-order valence-electron chi connectivity index (χ4n) is 3.51. The van der Waals surface area contributed by atoms with Crippen LogP contribution in [0.15, 0.2) is 18.2 Å². The van der Waals surface area contributed by atoms with Crippen LogP contribution in [0.1, 0.15) is 24.8 Å². The molecule has 0 aromatic heterocycles. The number of hydrogen-bond donors (Lipinski definition) is 1. The average molecular weight is 264 g/mol. The molecule has 3 nitrogen and oxygen atoms in total. The van der Waals surface area contributed by atoms with E-state index in [9.17, 15) is 14.3 Å². The average Bonchev–Trinajstić information content (AvgIpc) is 3.00. The van der Waals surface area contributed by atoms with Gasteiger partial charge in [-0.3, -0.25) is 4.79 Å². The smallest absolute Gasteiger partial charge is 0.309 e. The summed E-state index contributed by atoms with van der Waals surface area (Å²) in [7, 11) is 1.42. The van der Waals surface area contributed by atoms with E-state index in [1.165, 1.54) is 7.11 Å². The SMILES string of the molecule is COc1cccc(CC2(C(=O)O)CC3CC3C2)c1F. The van der Waals surface area contributed by atoms with Gasteiger partial charge in [0.05, 0.1) is 12.5 Å². The first kappa shape index (κ1) is 12.5. The standard InChI is InChI=1S/C15H17FO3/c1-19-12-4-2-3-9(13(12)16)6-15(14(17)18)7-10-5-11(10)8-15/h2-4,10-11H,5-8H2,1H3,(H,17,18). The largest absolute Gasteiger partial charge is 0.494 e. The third kappa shape index (κ3) is 1.99. The van der Waals surface area contributed by atoms with Gasteiger partial charge in [-0.1, -0.05) is 12.1 Å². The Kier molecular flexibility index (Phi) is 2.77. The van der Waals surface area contributed by atoms with Crippen LogP contribution in [0.25, 0.3) is 0 Å². The molecule has 0 aliphatic heterocycles. The van der Waals surface area contributed by atoms with Crippen LogP contribution in [-0.2, 0) is 11.2 Å². The van der Waals surface area contributed by atoms with Gasteiger partial charge in [0.2, 0.25) is 0 Å². The zero-order chi connectivity index (χ0) is 13.6. The number of carboxylic acid groups (broad SMARTS) is 1. The van der Waals surface area contributed by atoms with Crippen molar-refractivity contribution in [2.45, 2.75) is 25.7 Å². The van der Waals surface area contributed by atoms with Crippen LogP contribution < -0.4 is 4.74 Å². The van der Waals surface area contributed by atoms with Crippen molar-refractivity contribution < 1.29 is 19.0 Å². The van der Waals surface area contributed by atoms with Crippen molar-refractivity contribution >= 4 is 5.97 Å². The van der Waals surface area contributed by atoms with E-state index in [2.05, 4.69) is 0 Å². The highest BCUT2D eigenvalue weighted by Crippen LogP contribution is 2.61. The van der Waals surface area contributed by atoms with Crippen LogP contribution in [0.2, 0.25) is 0 Å². The van der Waals surface area contributed by atoms with Crippen LogP contribution in [-0.4, -0.2) is 18.2 Å². The number of rotatable bonds is 4. The van der Waals surface area contributed by atoms with Gasteiger partial charge in [0.25, 0.3) is 0 Å². The van der Waals surface area contributed by atoms with E-state index in [1.54, 1.807) is 18.2 Å². The summed E-state index contributed by atoms with van der Waals surface area (Å²) in [4.78, 5) is 11.6. The van der Waals surface area contributed by atoms with E-state index in [1.807, 2.05) is 0 Å². The summed E-state index contributed by atoms with van der Waals surface area (Å²) >= 11 is 0. The van der Waals surface area contributed by atoms with Gasteiger partial charge in [-0.25, -0.2) is 4.39 Å². The Hall–Kier alpha value is -1.58. The van der Waals surface area contributed by atoms with Crippen molar-refractivity contribution in [2.24, 2.45) is 17.3 Å². The lowest BCUT2D eigenvalue weighted by Gasteiger charge is -2.26. The number of fused-ring (bicyclic) bond motifs is 1. The van der Waals surface area contributed by atoms with Gasteiger partial charge in [-0.05, 0) is 49.1 Å². The first-order valence-corrected chi connectivity index (χ1v) is 6.60. The Morgan fingerprint density at radius 3 is 2.74 bits per heavy atom. The molecule has 1 aromatic rings. The molecule has 2 saturated carbocycles. The summed E-state index contributed by atoms with van der Waals surface area (Å²) in [6, 6.07) is 4.92. The Balaban J connectivity index is 1.89. The lowest BCUT2D eigenvalue weighted by atomic mass is 9.77. The maximum atomic E-state index is 14.2. The molecule has 2 aliphatic rings. The minimum Gasteiger partial charge on any atom is -0.494 e. The molecule has 4 heteroatoms. The molecule has 1 N–H and O–H groups in total. The topological polar surface area (TPSA) is 46.5 Å². The number of carboxylic acids is 1. The number of carbonyl (C=O) groups is 1. The lowest BCUT2D eigenvalue weighted by Crippen LogP contribution is -2.32. The van der Waals surface area contributed by atoms with Crippen molar-refractivity contribution in [1.29, 1.82) is 0 Å². The molecule has 0 saturated heterocycles. The summed E-state index contributed by atoms with van der Waals surface area (Å²) in [6.45, 7) is 0. The first-order valence-electron chi connectivity index (χ1n) is 6.60. The van der Waals surface area contributed by atoms with Crippen molar-refractivity contribution in [1.82, 2.24) is 0 Å². The molecule has 0 bridgehead atoms. The molecule has 1 aromatic carbocycles. The molecule has 0 radical (unpaired) electrons. The van der Waals surface area contributed by atoms with E-state index >= 15 is 0 Å². The van der Waals surface area contributed by atoms with Crippen molar-refractivity contribution in [3.63, 3.8) is 0 Å². The highest BCUT2D eigenvalue weighted by atomic mass is 19.1. The number of benzene rings is 1. The second kappa shape index (κ2) is 4.22. The zero-order valence-corrected chi connectivity index (χ0v) is 10.9. The molecule has 3 rings (SSSR count). The van der Waals surface area contributed by atoms with E-state index in [0.29, 0.717) is 30.2 Å². The highest BCUT2D eigenvalue weighted by Gasteiger charge is 2.57. The van der Waals surface area contributed by atoms with Crippen LogP contribution in [0.4, 0.5) is 4.39 Å². The second-order valence-corrected chi connectivity index (χ2v) is 5.86. The molecule has 2 atom stereocenters. The third-order valence-electron chi connectivity index (χ3n) is 4.62. The molecule has 2 fully saturated rings.